The second-order valence-corrected chi connectivity index (χ2v) is 8.55. The molecule has 1 aromatic carbocycles. The van der Waals surface area contributed by atoms with Crippen molar-refractivity contribution in [1.82, 2.24) is 4.90 Å². The van der Waals surface area contributed by atoms with Gasteiger partial charge in [-0.3, -0.25) is 0 Å². The number of sulfone groups is 1. The van der Waals surface area contributed by atoms with E-state index in [9.17, 15) is 17.2 Å². The third-order valence-corrected chi connectivity index (χ3v) is 6.08. The summed E-state index contributed by atoms with van der Waals surface area (Å²) in [4.78, 5) is 1.92. The summed E-state index contributed by atoms with van der Waals surface area (Å²) in [7, 11) is -3.01. The maximum absolute atomic E-state index is 12.2. The van der Waals surface area contributed by atoms with E-state index in [1.54, 1.807) is 12.1 Å². The van der Waals surface area contributed by atoms with Gasteiger partial charge < -0.3 is 15.0 Å². The molecule has 1 aliphatic heterocycles. The summed E-state index contributed by atoms with van der Waals surface area (Å²) < 4.78 is 52.2. The third-order valence-electron chi connectivity index (χ3n) is 3.99. The molecule has 0 spiro atoms. The predicted molar refractivity (Wildman–Crippen MR) is 98.0 cm³/mol. The summed E-state index contributed by atoms with van der Waals surface area (Å²) in [5.74, 6) is 0.360. The van der Waals surface area contributed by atoms with Crippen LogP contribution in [0.1, 0.15) is 26.2 Å². The van der Waals surface area contributed by atoms with Gasteiger partial charge in [0.1, 0.15) is 5.75 Å². The lowest BCUT2D eigenvalue weighted by Gasteiger charge is -2.31. The molecule has 0 radical (unpaired) electrons. The van der Waals surface area contributed by atoms with E-state index in [0.717, 1.165) is 12.8 Å². The van der Waals surface area contributed by atoms with Gasteiger partial charge in [0.25, 0.3) is 0 Å². The van der Waals surface area contributed by atoms with Crippen LogP contribution in [-0.4, -0.2) is 49.1 Å². The van der Waals surface area contributed by atoms with Crippen molar-refractivity contribution >= 4 is 32.9 Å². The minimum Gasteiger partial charge on any atom is -0.435 e. The number of hydrogen-bond donors (Lipinski definition) is 1. The van der Waals surface area contributed by atoms with E-state index in [2.05, 4.69) is 17.0 Å². The smallest absolute Gasteiger partial charge is 0.387 e. The van der Waals surface area contributed by atoms with E-state index >= 15 is 0 Å². The Morgan fingerprint density at radius 3 is 2.60 bits per heavy atom. The van der Waals surface area contributed by atoms with Gasteiger partial charge in [0.15, 0.2) is 14.9 Å². The summed E-state index contributed by atoms with van der Waals surface area (Å²) in [6.07, 6.45) is 2.44. The monoisotopic (exact) mass is 392 g/mol. The van der Waals surface area contributed by atoms with Gasteiger partial charge in [-0.2, -0.15) is 8.78 Å². The molecule has 1 aromatic rings. The average Bonchev–Trinajstić information content (AvgIpc) is 2.89. The maximum Gasteiger partial charge on any atom is 0.387 e. The van der Waals surface area contributed by atoms with Gasteiger partial charge in [0.05, 0.1) is 11.5 Å². The Hall–Kier alpha value is -1.48. The SMILES string of the molecule is CCCCN(C(=S)Nc1ccc(OC(F)F)cc1)[C@H]1CCS(=O)(=O)C1. The van der Waals surface area contributed by atoms with E-state index in [1.807, 2.05) is 4.90 Å². The molecular formula is C16H22F2N2O3S2. The molecule has 1 N–H and O–H groups in total. The lowest BCUT2D eigenvalue weighted by Crippen LogP contribution is -2.44. The lowest BCUT2D eigenvalue weighted by molar-refractivity contribution is -0.0498. The maximum atomic E-state index is 12.2. The first kappa shape index (κ1) is 19.8. The van der Waals surface area contributed by atoms with E-state index in [-0.39, 0.29) is 23.3 Å². The van der Waals surface area contributed by atoms with Crippen molar-refractivity contribution in [2.75, 3.05) is 23.4 Å². The first-order chi connectivity index (χ1) is 11.8. The molecule has 0 saturated carbocycles. The van der Waals surface area contributed by atoms with Gasteiger partial charge in [-0.05, 0) is 49.3 Å². The van der Waals surface area contributed by atoms with E-state index in [1.165, 1.54) is 12.1 Å². The minimum absolute atomic E-state index is 0.0659. The van der Waals surface area contributed by atoms with Crippen LogP contribution in [0.4, 0.5) is 14.5 Å². The first-order valence-electron chi connectivity index (χ1n) is 8.13. The molecule has 0 bridgehead atoms. The summed E-state index contributed by atoms with van der Waals surface area (Å²) in [6.45, 7) is -0.134. The van der Waals surface area contributed by atoms with Crippen LogP contribution < -0.4 is 10.1 Å². The molecule has 1 heterocycles. The molecule has 9 heteroatoms. The molecule has 1 fully saturated rings. The van der Waals surface area contributed by atoms with Crippen LogP contribution in [0.2, 0.25) is 0 Å². The van der Waals surface area contributed by atoms with Crippen LogP contribution in [0.5, 0.6) is 5.75 Å². The number of nitrogens with one attached hydrogen (secondary N) is 1. The molecule has 0 unspecified atom stereocenters. The van der Waals surface area contributed by atoms with E-state index in [4.69, 9.17) is 12.2 Å². The first-order valence-corrected chi connectivity index (χ1v) is 10.4. The zero-order chi connectivity index (χ0) is 18.4. The summed E-state index contributed by atoms with van der Waals surface area (Å²) in [6, 6.07) is 5.90. The standard InChI is InChI=1S/C16H22F2N2O3S2/c1-2-3-9-20(13-8-10-25(21,22)11-13)16(24)19-12-4-6-14(7-5-12)23-15(17)18/h4-7,13,15H,2-3,8-11H2,1H3,(H,19,24)/t13-/m0/s1. The number of anilines is 1. The minimum atomic E-state index is -3.01. The van der Waals surface area contributed by atoms with Gasteiger partial charge in [-0.15, -0.1) is 0 Å². The predicted octanol–water partition coefficient (Wildman–Crippen LogP) is 3.27. The quantitative estimate of drug-likeness (QED) is 0.719. The van der Waals surface area contributed by atoms with Crippen molar-refractivity contribution in [3.63, 3.8) is 0 Å². The normalized spacial score (nSPS) is 19.0. The highest BCUT2D eigenvalue weighted by Gasteiger charge is 2.33. The molecule has 1 aliphatic rings. The van der Waals surface area contributed by atoms with Crippen LogP contribution in [-0.2, 0) is 9.84 Å². The Balaban J connectivity index is 2.03. The fourth-order valence-electron chi connectivity index (χ4n) is 2.71. The fraction of sp³-hybridized carbons (Fsp3) is 0.562. The molecular weight excluding hydrogens is 370 g/mol. The lowest BCUT2D eigenvalue weighted by atomic mass is 10.2. The number of halogens is 2. The number of alkyl halides is 2. The molecule has 0 aliphatic carbocycles. The number of rotatable bonds is 7. The summed E-state index contributed by atoms with van der Waals surface area (Å²) in [5, 5.41) is 3.50. The van der Waals surface area contributed by atoms with Crippen molar-refractivity contribution in [3.8, 4) is 5.75 Å². The Bertz CT molecular complexity index is 681. The fourth-order valence-corrected chi connectivity index (χ4v) is 4.80. The number of benzene rings is 1. The topological polar surface area (TPSA) is 58.6 Å². The van der Waals surface area contributed by atoms with Gasteiger partial charge in [-0.1, -0.05) is 13.3 Å². The summed E-state index contributed by atoms with van der Waals surface area (Å²) in [5.41, 5.74) is 0.633. The number of unbranched alkanes of at least 4 members (excludes halogenated alkanes) is 1. The Morgan fingerprint density at radius 2 is 2.08 bits per heavy atom. The van der Waals surface area contributed by atoms with Crippen molar-refractivity contribution in [1.29, 1.82) is 0 Å². The van der Waals surface area contributed by atoms with Crippen LogP contribution in [0.3, 0.4) is 0 Å². The van der Waals surface area contributed by atoms with Crippen LogP contribution in [0, 0.1) is 0 Å². The highest BCUT2D eigenvalue weighted by Crippen LogP contribution is 2.21. The zero-order valence-electron chi connectivity index (χ0n) is 14.0. The molecule has 2 rings (SSSR count). The van der Waals surface area contributed by atoms with Crippen LogP contribution in [0.15, 0.2) is 24.3 Å². The van der Waals surface area contributed by atoms with Crippen LogP contribution in [0.25, 0.3) is 0 Å². The molecule has 0 amide bonds. The number of nitrogens with zero attached hydrogens (tertiary/aromatic N) is 1. The molecule has 25 heavy (non-hydrogen) atoms. The van der Waals surface area contributed by atoms with E-state index < -0.39 is 16.4 Å². The number of thiocarbonyl (C=S) groups is 1. The van der Waals surface area contributed by atoms with Crippen molar-refractivity contribution in [2.45, 2.75) is 38.8 Å². The highest BCUT2D eigenvalue weighted by molar-refractivity contribution is 7.91. The highest BCUT2D eigenvalue weighted by atomic mass is 32.2. The zero-order valence-corrected chi connectivity index (χ0v) is 15.6. The summed E-state index contributed by atoms with van der Waals surface area (Å²) >= 11 is 5.45. The van der Waals surface area contributed by atoms with Gasteiger partial charge >= 0.3 is 6.61 Å². The molecule has 1 atom stereocenters. The Morgan fingerprint density at radius 1 is 1.40 bits per heavy atom. The third kappa shape index (κ3) is 6.07. The van der Waals surface area contributed by atoms with Crippen molar-refractivity contribution < 1.29 is 21.9 Å². The van der Waals surface area contributed by atoms with Gasteiger partial charge in [-0.25, -0.2) is 8.42 Å². The van der Waals surface area contributed by atoms with Gasteiger partial charge in [0, 0.05) is 18.3 Å². The number of hydrogen-bond acceptors (Lipinski definition) is 4. The molecule has 5 nitrogen and oxygen atoms in total. The second kappa shape index (κ2) is 8.75. The van der Waals surface area contributed by atoms with Crippen molar-refractivity contribution in [2.24, 2.45) is 0 Å². The number of ether oxygens (including phenoxy) is 1. The largest absolute Gasteiger partial charge is 0.435 e. The Kier molecular flexibility index (Phi) is 6.95. The van der Waals surface area contributed by atoms with E-state index in [0.29, 0.717) is 23.8 Å². The molecule has 1 saturated heterocycles. The van der Waals surface area contributed by atoms with Gasteiger partial charge in [0.2, 0.25) is 0 Å². The molecule has 140 valence electrons. The van der Waals surface area contributed by atoms with Crippen molar-refractivity contribution in [3.05, 3.63) is 24.3 Å². The second-order valence-electron chi connectivity index (χ2n) is 5.94. The van der Waals surface area contributed by atoms with Crippen LogP contribution >= 0.6 is 12.2 Å². The molecule has 0 aromatic heterocycles. The average molecular weight is 392 g/mol. The Labute approximate surface area is 152 Å².